The molecule has 10 N–H and O–H groups in total. The number of nitrogens with one attached hydrogen (secondary N) is 6. The minimum atomic E-state index is 0.0583. The van der Waals surface area contributed by atoms with Crippen molar-refractivity contribution in [3.05, 3.63) is 200 Å². The van der Waals surface area contributed by atoms with Gasteiger partial charge in [0.25, 0.3) is 0 Å². The molecule has 2 fully saturated rings. The molecule has 3 aromatic carbocycles. The highest BCUT2D eigenvalue weighted by atomic mass is 35.5. The van der Waals surface area contributed by atoms with Crippen molar-refractivity contribution in [2.24, 2.45) is 0 Å². The Morgan fingerprint density at radius 2 is 1.04 bits per heavy atom. The van der Waals surface area contributed by atoms with Crippen LogP contribution in [0, 0.1) is 0 Å². The van der Waals surface area contributed by atoms with E-state index in [-0.39, 0.29) is 23.2 Å². The Morgan fingerprint density at radius 1 is 0.539 bits per heavy atom. The van der Waals surface area contributed by atoms with Gasteiger partial charge in [-0.15, -0.1) is 15.3 Å². The van der Waals surface area contributed by atoms with Crippen LogP contribution in [0.2, 0.25) is 15.7 Å². The Balaban J connectivity index is 0.000000111. The van der Waals surface area contributed by atoms with Crippen molar-refractivity contribution in [2.75, 3.05) is 47.6 Å². The van der Waals surface area contributed by atoms with Gasteiger partial charge < -0.3 is 65.5 Å². The summed E-state index contributed by atoms with van der Waals surface area (Å²) in [4.78, 5) is 37.4. The van der Waals surface area contributed by atoms with Crippen LogP contribution in [0.5, 0.6) is 0 Å². The van der Waals surface area contributed by atoms with Crippen molar-refractivity contribution in [3.8, 4) is 17.1 Å². The predicted octanol–water partition coefficient (Wildman–Crippen LogP) is 10.6. The van der Waals surface area contributed by atoms with Gasteiger partial charge in [0, 0.05) is 83.4 Å². The molecule has 0 saturated carbocycles. The van der Waals surface area contributed by atoms with E-state index in [0.717, 1.165) is 82.5 Å². The molecule has 2 aliphatic heterocycles. The topological polar surface area (TPSA) is 297 Å². The van der Waals surface area contributed by atoms with Crippen molar-refractivity contribution in [2.45, 2.75) is 37.8 Å². The highest BCUT2D eigenvalue weighted by Crippen LogP contribution is 2.29. The minimum absolute atomic E-state index is 0.0583. The molecule has 25 nitrogen and oxygen atoms in total. The third-order valence-electron chi connectivity index (χ3n) is 15.1. The second-order valence-electron chi connectivity index (χ2n) is 20.9. The number of aromatic amines is 3. The Hall–Kier alpha value is -10.3. The number of aliphatic hydroxyl groups is 2. The van der Waals surface area contributed by atoms with E-state index in [2.05, 4.69) is 131 Å². The van der Waals surface area contributed by atoms with Gasteiger partial charge in [-0.3, -0.25) is 0 Å². The maximum atomic E-state index is 9.70. The number of anilines is 6. The van der Waals surface area contributed by atoms with E-state index in [4.69, 9.17) is 50.6 Å². The molecule has 0 radical (unpaired) electrons. The molecular formula is C61H58Cl3N23O2. The number of aliphatic hydroxyl groups excluding tert-OH is 2. The van der Waals surface area contributed by atoms with Gasteiger partial charge >= 0.3 is 0 Å². The van der Waals surface area contributed by atoms with E-state index >= 15 is 0 Å². The molecule has 15 aromatic rings. The number of benzene rings is 3. The third kappa shape index (κ3) is 13.1. The fourth-order valence-corrected chi connectivity index (χ4v) is 11.2. The van der Waals surface area contributed by atoms with Crippen molar-refractivity contribution < 1.29 is 10.2 Å². The molecule has 0 unspecified atom stereocenters. The van der Waals surface area contributed by atoms with E-state index in [1.165, 1.54) is 22.6 Å². The van der Waals surface area contributed by atoms with Crippen LogP contribution < -0.4 is 26.6 Å². The van der Waals surface area contributed by atoms with Gasteiger partial charge in [0.2, 0.25) is 16.5 Å². The van der Waals surface area contributed by atoms with Crippen LogP contribution in [0.25, 0.3) is 66.3 Å². The van der Waals surface area contributed by atoms with Gasteiger partial charge in [0.05, 0.1) is 37.8 Å². The number of hydrogen-bond acceptors (Lipinski definition) is 16. The average Bonchev–Trinajstić information content (AvgIpc) is 3.34. The summed E-state index contributed by atoms with van der Waals surface area (Å²) in [7, 11) is 0. The van der Waals surface area contributed by atoms with Crippen LogP contribution in [0.1, 0.15) is 25.7 Å². The number of fused-ring (bicyclic) bond motifs is 6. The number of aromatic nitrogens is 18. The molecule has 28 heteroatoms. The van der Waals surface area contributed by atoms with Gasteiger partial charge in [-0.1, -0.05) is 29.8 Å². The highest BCUT2D eigenvalue weighted by Gasteiger charge is 2.27. The number of imidazole rings is 3. The molecule has 12 aromatic heterocycles. The summed E-state index contributed by atoms with van der Waals surface area (Å²) in [5.74, 6) is 3.80. The predicted molar refractivity (Wildman–Crippen MR) is 347 cm³/mol. The number of nitrogens with two attached hydrogens (primary N) is 1. The summed E-state index contributed by atoms with van der Waals surface area (Å²) < 4.78 is 10.9. The second-order valence-corrected chi connectivity index (χ2v) is 21.9. The van der Waals surface area contributed by atoms with Gasteiger partial charge in [-0.05, 0) is 163 Å². The molecule has 14 heterocycles. The van der Waals surface area contributed by atoms with Crippen LogP contribution in [0.4, 0.5) is 35.0 Å². The van der Waals surface area contributed by atoms with E-state index in [1.807, 2.05) is 116 Å². The zero-order valence-corrected chi connectivity index (χ0v) is 49.7. The van der Waals surface area contributed by atoms with Gasteiger partial charge in [0.1, 0.15) is 53.0 Å². The largest absolute Gasteiger partial charge is 0.395 e. The summed E-state index contributed by atoms with van der Waals surface area (Å²) in [6, 6.07) is 36.6. The molecule has 0 aliphatic carbocycles. The van der Waals surface area contributed by atoms with Crippen molar-refractivity contribution in [1.29, 1.82) is 0 Å². The summed E-state index contributed by atoms with van der Waals surface area (Å²) in [6.07, 6.45) is 26.5. The second kappa shape index (κ2) is 26.0. The van der Waals surface area contributed by atoms with Crippen LogP contribution in [-0.4, -0.2) is 136 Å². The number of rotatable bonds is 10. The highest BCUT2D eigenvalue weighted by molar-refractivity contribution is 6.34. The normalized spacial score (nSPS) is 14.6. The molecule has 0 spiro atoms. The summed E-state index contributed by atoms with van der Waals surface area (Å²) in [5, 5.41) is 44.8. The lowest BCUT2D eigenvalue weighted by molar-refractivity contribution is 0.255. The Labute approximate surface area is 521 Å². The number of H-pyrrole nitrogens is 3. The van der Waals surface area contributed by atoms with Crippen molar-refractivity contribution in [3.63, 3.8) is 0 Å². The maximum Gasteiger partial charge on any atom is 0.245 e. The third-order valence-corrected chi connectivity index (χ3v) is 15.7. The molecule has 0 amide bonds. The fourth-order valence-electron chi connectivity index (χ4n) is 10.6. The SMILES string of the molecule is Clc1nc(Cl)c2cccn2n1.Clc1nc(Nc2cn(-c3ccc4cc[nH]c4c3)cn2)c2cccn2n1.Nc1cn(-c2ccc3cc[nH]c3c2)cn1.OC[C@@H]1CCCN1.OC[C@@H]1CCCN1c1nc(Nc2cn(-c3ccc4cc[nH]c4c3)cn2)c2cccn2n1. The fraction of sp³-hybridized carbons (Fsp3) is 0.164. The summed E-state index contributed by atoms with van der Waals surface area (Å²) in [5.41, 5.74) is 14.4. The smallest absolute Gasteiger partial charge is 0.245 e. The lowest BCUT2D eigenvalue weighted by Gasteiger charge is -2.23. The molecule has 2 aliphatic rings. The van der Waals surface area contributed by atoms with Gasteiger partial charge in [0.15, 0.2) is 16.8 Å². The standard InChI is InChI=1S/C22H22N8O.C17H12ClN7.C11H10N4.C6H3Cl2N3.C5H11NO/c31-13-17-3-1-9-29(17)22-26-21(19-4-2-10-30(19)27-22)25-20-12-28(14-24-20)16-6-5-15-7-8-23-18(15)11-16;18-17-22-16(14-2-1-7-25(14)23-17)21-15-9-24(10-20-15)12-4-3-11-5-6-19-13(11)8-12;12-11-6-15(7-14-11)9-2-1-8-3-4-13-10(8)5-9;7-5-4-2-1-3-11(4)10-6(8)9-5;7-4-5-2-1-3-6-5/h2,4-8,10-12,14,17,23,31H,1,3,9,13H2,(H,25,26,27);1-10,19H,(H,21,22,23);1-7,13H,12H2;1-3H;5-7H,1-4H2/t17-;;;;5-/m0...0/s1. The van der Waals surface area contributed by atoms with E-state index in [1.54, 1.807) is 40.4 Å². The molecule has 17 rings (SSSR count). The summed E-state index contributed by atoms with van der Waals surface area (Å²) >= 11 is 17.3. The monoisotopic (exact) mass is 1250 g/mol. The first-order valence-corrected chi connectivity index (χ1v) is 29.6. The molecule has 0 bridgehead atoms. The number of nitrogen functional groups attached to an aromatic ring is 1. The average molecular weight is 1250 g/mol. The lowest BCUT2D eigenvalue weighted by atomic mass is 10.2. The molecule has 2 saturated heterocycles. The Morgan fingerprint density at radius 3 is 1.55 bits per heavy atom. The first-order chi connectivity index (χ1) is 43.6. The van der Waals surface area contributed by atoms with Gasteiger partial charge in [-0.25, -0.2) is 33.5 Å². The zero-order chi connectivity index (χ0) is 60.8. The van der Waals surface area contributed by atoms with Crippen LogP contribution >= 0.6 is 34.8 Å². The van der Waals surface area contributed by atoms with Gasteiger partial charge in [-0.2, -0.15) is 9.97 Å². The summed E-state index contributed by atoms with van der Waals surface area (Å²) in [6.45, 7) is 2.34. The van der Waals surface area contributed by atoms with Crippen LogP contribution in [0.3, 0.4) is 0 Å². The Kier molecular flexibility index (Phi) is 16.9. The molecular weight excluding hydrogens is 1190 g/mol. The zero-order valence-electron chi connectivity index (χ0n) is 47.4. The first kappa shape index (κ1) is 57.8. The van der Waals surface area contributed by atoms with Crippen molar-refractivity contribution >= 4 is 119 Å². The number of nitrogens with zero attached hydrogens (tertiary/aromatic N) is 16. The lowest BCUT2D eigenvalue weighted by Crippen LogP contribution is -2.34. The maximum absolute atomic E-state index is 9.70. The van der Waals surface area contributed by atoms with E-state index in [9.17, 15) is 5.11 Å². The number of halogens is 3. The number of hydrogen-bond donors (Lipinski definition) is 9. The van der Waals surface area contributed by atoms with Crippen LogP contribution in [0.15, 0.2) is 184 Å². The molecule has 2 atom stereocenters. The Bertz CT molecular complexity index is 4850. The van der Waals surface area contributed by atoms with E-state index < -0.39 is 0 Å². The minimum Gasteiger partial charge on any atom is -0.395 e. The quantitative estimate of drug-likeness (QED) is 0.0615. The molecule has 450 valence electrons. The van der Waals surface area contributed by atoms with Crippen LogP contribution in [-0.2, 0) is 0 Å². The van der Waals surface area contributed by atoms with Crippen molar-refractivity contribution in [1.82, 2.24) is 92.7 Å². The molecule has 89 heavy (non-hydrogen) atoms. The van der Waals surface area contributed by atoms with E-state index in [0.29, 0.717) is 52.8 Å². The first-order valence-electron chi connectivity index (χ1n) is 28.5.